The Labute approximate surface area is 212 Å². The number of hydrogen-bond acceptors (Lipinski definition) is 6. The van der Waals surface area contributed by atoms with Crippen LogP contribution in [-0.4, -0.2) is 31.7 Å². The molecule has 6 rings (SSSR count). The number of hydrogen-bond donors (Lipinski definition) is 2. The van der Waals surface area contributed by atoms with E-state index in [2.05, 4.69) is 20.3 Å². The first-order chi connectivity index (χ1) is 18.2. The van der Waals surface area contributed by atoms with Gasteiger partial charge in [0.15, 0.2) is 0 Å². The Bertz CT molecular complexity index is 1730. The fourth-order valence-corrected chi connectivity index (χ4v) is 4.36. The lowest BCUT2D eigenvalue weighted by Crippen LogP contribution is -2.19. The number of nitrogens with zero attached hydrogens (tertiary/aromatic N) is 4. The second-order valence-corrected chi connectivity index (χ2v) is 8.34. The molecule has 6 aromatic rings. The zero-order chi connectivity index (χ0) is 25.2. The van der Waals surface area contributed by atoms with Crippen LogP contribution in [0.25, 0.3) is 39.2 Å². The summed E-state index contributed by atoms with van der Waals surface area (Å²) in [6.07, 6.45) is 4.79. The maximum Gasteiger partial charge on any atom is 0.284 e. The molecular formula is C29H22N6O2. The number of aromatic amines is 1. The predicted molar refractivity (Wildman–Crippen MR) is 144 cm³/mol. The number of methoxy groups -OCH3 is 1. The van der Waals surface area contributed by atoms with E-state index in [0.29, 0.717) is 39.9 Å². The van der Waals surface area contributed by atoms with Gasteiger partial charge in [0.1, 0.15) is 28.7 Å². The molecular weight excluding hydrogens is 464 g/mol. The summed E-state index contributed by atoms with van der Waals surface area (Å²) >= 11 is 0. The van der Waals surface area contributed by atoms with Gasteiger partial charge in [0.25, 0.3) is 5.56 Å². The molecule has 0 amide bonds. The van der Waals surface area contributed by atoms with Gasteiger partial charge in [0.05, 0.1) is 24.4 Å². The van der Waals surface area contributed by atoms with Crippen LogP contribution in [0.3, 0.4) is 0 Å². The lowest BCUT2D eigenvalue weighted by Gasteiger charge is -2.13. The van der Waals surface area contributed by atoms with Crippen molar-refractivity contribution in [2.24, 2.45) is 0 Å². The standard InChI is InChI=1S/C29H22N6O2/c1-37-22-14-12-20(13-15-22)25-27(32-23-18-30-16-17-31-23)33-28-24(19-8-4-2-5-9-19)26(34-35(28)29(25)36)21-10-6-3-7-11-21/h2-18,33H,1H3,(H,31,32). The van der Waals surface area contributed by atoms with Crippen molar-refractivity contribution in [1.29, 1.82) is 0 Å². The molecule has 0 radical (unpaired) electrons. The van der Waals surface area contributed by atoms with Crippen LogP contribution in [0.15, 0.2) is 108 Å². The second-order valence-electron chi connectivity index (χ2n) is 8.34. The van der Waals surface area contributed by atoms with E-state index in [4.69, 9.17) is 9.84 Å². The van der Waals surface area contributed by atoms with Crippen LogP contribution in [-0.2, 0) is 0 Å². The summed E-state index contributed by atoms with van der Waals surface area (Å²) < 4.78 is 6.75. The van der Waals surface area contributed by atoms with E-state index in [1.165, 1.54) is 4.52 Å². The summed E-state index contributed by atoms with van der Waals surface area (Å²) in [5.41, 5.74) is 4.80. The van der Waals surface area contributed by atoms with Gasteiger partial charge in [0, 0.05) is 18.0 Å². The molecule has 0 aliphatic carbocycles. The van der Waals surface area contributed by atoms with Crippen LogP contribution >= 0.6 is 0 Å². The summed E-state index contributed by atoms with van der Waals surface area (Å²) in [5, 5.41) is 8.08. The van der Waals surface area contributed by atoms with Crippen molar-refractivity contribution in [2.45, 2.75) is 0 Å². The molecule has 0 aliphatic rings. The Morgan fingerprint density at radius 3 is 2.14 bits per heavy atom. The fourth-order valence-electron chi connectivity index (χ4n) is 4.36. The van der Waals surface area contributed by atoms with E-state index >= 15 is 0 Å². The Hall–Kier alpha value is -5.24. The number of ether oxygens (including phenoxy) is 1. The van der Waals surface area contributed by atoms with Gasteiger partial charge in [-0.05, 0) is 23.3 Å². The van der Waals surface area contributed by atoms with Crippen molar-refractivity contribution in [2.75, 3.05) is 12.4 Å². The van der Waals surface area contributed by atoms with Gasteiger partial charge in [-0.15, -0.1) is 0 Å². The number of benzene rings is 3. The van der Waals surface area contributed by atoms with Crippen molar-refractivity contribution in [3.63, 3.8) is 0 Å². The first kappa shape index (κ1) is 22.2. The number of aromatic nitrogens is 5. The van der Waals surface area contributed by atoms with E-state index < -0.39 is 0 Å². The molecule has 0 unspecified atom stereocenters. The molecule has 0 spiro atoms. The van der Waals surface area contributed by atoms with E-state index in [1.54, 1.807) is 25.7 Å². The fraction of sp³-hybridized carbons (Fsp3) is 0.0345. The van der Waals surface area contributed by atoms with Gasteiger partial charge in [-0.25, -0.2) is 4.98 Å². The maximum atomic E-state index is 14.1. The Balaban J connectivity index is 1.67. The van der Waals surface area contributed by atoms with E-state index in [9.17, 15) is 4.79 Å². The minimum absolute atomic E-state index is 0.273. The highest BCUT2D eigenvalue weighted by Crippen LogP contribution is 2.36. The minimum atomic E-state index is -0.273. The first-order valence-electron chi connectivity index (χ1n) is 11.7. The molecule has 0 atom stereocenters. The molecule has 3 aromatic heterocycles. The first-order valence-corrected chi connectivity index (χ1v) is 11.7. The van der Waals surface area contributed by atoms with Crippen molar-refractivity contribution in [3.8, 4) is 39.3 Å². The smallest absolute Gasteiger partial charge is 0.284 e. The van der Waals surface area contributed by atoms with Crippen LogP contribution in [0.5, 0.6) is 5.75 Å². The highest BCUT2D eigenvalue weighted by Gasteiger charge is 2.23. The molecule has 8 nitrogen and oxygen atoms in total. The SMILES string of the molecule is COc1ccc(-c2c(Nc3cnccn3)[nH]c3c(-c4ccccc4)c(-c4ccccc4)nn3c2=O)cc1. The van der Waals surface area contributed by atoms with E-state index in [0.717, 1.165) is 16.7 Å². The molecule has 8 heteroatoms. The summed E-state index contributed by atoms with van der Waals surface area (Å²) in [6.45, 7) is 0. The quantitative estimate of drug-likeness (QED) is 0.320. The van der Waals surface area contributed by atoms with Crippen LogP contribution in [0.1, 0.15) is 0 Å². The van der Waals surface area contributed by atoms with Gasteiger partial charge in [0.2, 0.25) is 0 Å². The average Bonchev–Trinajstić information content (AvgIpc) is 3.35. The number of anilines is 2. The lowest BCUT2D eigenvalue weighted by atomic mass is 10.0. The summed E-state index contributed by atoms with van der Waals surface area (Å²) in [4.78, 5) is 26.0. The van der Waals surface area contributed by atoms with Gasteiger partial charge in [-0.2, -0.15) is 9.61 Å². The monoisotopic (exact) mass is 486 g/mol. The molecule has 3 heterocycles. The molecule has 0 saturated heterocycles. The van der Waals surface area contributed by atoms with Gasteiger partial charge in [-0.1, -0.05) is 72.8 Å². The zero-order valence-corrected chi connectivity index (χ0v) is 19.9. The molecule has 3 aromatic carbocycles. The van der Waals surface area contributed by atoms with E-state index in [-0.39, 0.29) is 5.56 Å². The summed E-state index contributed by atoms with van der Waals surface area (Å²) in [6, 6.07) is 27.1. The number of rotatable bonds is 6. The number of fused-ring (bicyclic) bond motifs is 1. The van der Waals surface area contributed by atoms with Crippen molar-refractivity contribution < 1.29 is 4.74 Å². The third kappa shape index (κ3) is 4.10. The van der Waals surface area contributed by atoms with Crippen molar-refractivity contribution in [3.05, 3.63) is 114 Å². The highest BCUT2D eigenvalue weighted by molar-refractivity contribution is 5.92. The molecule has 0 aliphatic heterocycles. The lowest BCUT2D eigenvalue weighted by molar-refractivity contribution is 0.415. The third-order valence-electron chi connectivity index (χ3n) is 6.09. The molecule has 0 fully saturated rings. The van der Waals surface area contributed by atoms with Crippen LogP contribution in [0.4, 0.5) is 11.6 Å². The summed E-state index contributed by atoms with van der Waals surface area (Å²) in [7, 11) is 1.61. The van der Waals surface area contributed by atoms with Crippen LogP contribution in [0, 0.1) is 0 Å². The van der Waals surface area contributed by atoms with Crippen LogP contribution in [0.2, 0.25) is 0 Å². The topological polar surface area (TPSA) is 97.2 Å². The van der Waals surface area contributed by atoms with Gasteiger partial charge in [-0.3, -0.25) is 9.78 Å². The third-order valence-corrected chi connectivity index (χ3v) is 6.09. The Morgan fingerprint density at radius 1 is 0.811 bits per heavy atom. The molecule has 37 heavy (non-hydrogen) atoms. The maximum absolute atomic E-state index is 14.1. The number of nitrogens with one attached hydrogen (secondary N) is 2. The predicted octanol–water partition coefficient (Wildman–Crippen LogP) is 5.57. The Morgan fingerprint density at radius 2 is 1.49 bits per heavy atom. The Kier molecular flexibility index (Phi) is 5.67. The average molecular weight is 487 g/mol. The largest absolute Gasteiger partial charge is 0.497 e. The summed E-state index contributed by atoms with van der Waals surface area (Å²) in [5.74, 6) is 1.68. The van der Waals surface area contributed by atoms with Gasteiger partial charge < -0.3 is 15.0 Å². The molecule has 2 N–H and O–H groups in total. The second kappa shape index (κ2) is 9.43. The van der Waals surface area contributed by atoms with Crippen molar-refractivity contribution >= 4 is 17.3 Å². The highest BCUT2D eigenvalue weighted by atomic mass is 16.5. The zero-order valence-electron chi connectivity index (χ0n) is 19.9. The van der Waals surface area contributed by atoms with E-state index in [1.807, 2.05) is 84.9 Å². The molecule has 0 bridgehead atoms. The molecule has 180 valence electrons. The van der Waals surface area contributed by atoms with Gasteiger partial charge >= 0.3 is 0 Å². The van der Waals surface area contributed by atoms with Crippen LogP contribution < -0.4 is 15.6 Å². The number of H-pyrrole nitrogens is 1. The normalized spacial score (nSPS) is 10.9. The molecule has 0 saturated carbocycles. The van der Waals surface area contributed by atoms with Crippen molar-refractivity contribution in [1.82, 2.24) is 24.6 Å². The minimum Gasteiger partial charge on any atom is -0.497 e.